The maximum atomic E-state index is 14.7. The molecule has 33 nitrogen and oxygen atoms in total. The lowest BCUT2D eigenvalue weighted by Gasteiger charge is -2.31. The molecule has 0 bridgehead atoms. The Morgan fingerprint density at radius 1 is 0.713 bits per heavy atom. The van der Waals surface area contributed by atoms with Gasteiger partial charge >= 0.3 is 5.97 Å². The van der Waals surface area contributed by atoms with E-state index >= 15 is 0 Å². The number of benzene rings is 1. The number of carbonyl (C=O) groups is 15. The number of carboxylic acid groups (broad SMARTS) is 1. The number of amides is 14. The summed E-state index contributed by atoms with van der Waals surface area (Å²) in [6.07, 6.45) is -1.26. The molecular formula is C60H86ClN17O16. The lowest BCUT2D eigenvalue weighted by Crippen LogP contribution is -2.61. The fourth-order valence-corrected chi connectivity index (χ4v) is 10.2. The number of halogens is 1. The van der Waals surface area contributed by atoms with Gasteiger partial charge in [0.1, 0.15) is 60.4 Å². The van der Waals surface area contributed by atoms with Crippen molar-refractivity contribution in [1.82, 2.24) is 68.4 Å². The van der Waals surface area contributed by atoms with E-state index in [4.69, 9.17) is 28.8 Å². The van der Waals surface area contributed by atoms with E-state index in [1.807, 2.05) is 0 Å². The van der Waals surface area contributed by atoms with Gasteiger partial charge in [0.15, 0.2) is 5.96 Å². The summed E-state index contributed by atoms with van der Waals surface area (Å²) in [6, 6.07) is -5.60. The zero-order valence-corrected chi connectivity index (χ0v) is 53.8. The lowest BCUT2D eigenvalue weighted by atomic mass is 10.0. The molecule has 10 atom stereocenters. The summed E-state index contributed by atoms with van der Waals surface area (Å²) >= 11 is 6.12. The zero-order valence-electron chi connectivity index (χ0n) is 53.0. The van der Waals surface area contributed by atoms with Gasteiger partial charge in [0, 0.05) is 76.1 Å². The number of nitrogens with one attached hydrogen (secondary N) is 11. The van der Waals surface area contributed by atoms with E-state index in [0.29, 0.717) is 22.6 Å². The molecule has 3 heterocycles. The summed E-state index contributed by atoms with van der Waals surface area (Å²) in [5, 5.41) is 37.8. The number of nitrogens with two attached hydrogens (primary N) is 3. The maximum Gasteiger partial charge on any atom is 0.305 e. The molecule has 2 fully saturated rings. The third-order valence-corrected chi connectivity index (χ3v) is 15.2. The van der Waals surface area contributed by atoms with Gasteiger partial charge in [0.05, 0.1) is 6.42 Å². The first-order valence-electron chi connectivity index (χ1n) is 30.7. The number of nitrogens with zero attached hydrogens (tertiary/aromatic N) is 3. The SMILES string of the molecule is CC[C@H](NC(C)=O)C(=O)N[C@@H](Cc1ccc(Cl)cc1)C(=O)N[C@@H](Cc1cccnc1)C(=O)N[C@@H](CC(=O)O)C(=O)N[C@@H]1CCC(=O)NCCC(=O)NC(=O)CC[C@@H](C(=O)N2CCC[C@@H]2C(=O)N[C@@H](C)C(N)=O)NC(=O)[C@H](CC(C)C)NC(=O)[C@@H](CCCN=C(N)N)NC1=O. The van der Waals surface area contributed by atoms with Crippen molar-refractivity contribution in [2.45, 2.75) is 185 Å². The van der Waals surface area contributed by atoms with Crippen molar-refractivity contribution >= 4 is 106 Å². The Hall–Kier alpha value is -9.82. The van der Waals surface area contributed by atoms with Crippen molar-refractivity contribution in [2.24, 2.45) is 28.1 Å². The van der Waals surface area contributed by atoms with E-state index in [2.05, 4.69) is 68.5 Å². The van der Waals surface area contributed by atoms with Gasteiger partial charge in [-0.25, -0.2) is 0 Å². The molecule has 4 rings (SSSR count). The lowest BCUT2D eigenvalue weighted by molar-refractivity contribution is -0.143. The molecule has 0 radical (unpaired) electrons. The van der Waals surface area contributed by atoms with Crippen molar-refractivity contribution in [3.05, 3.63) is 64.9 Å². The molecule has 14 amide bonds. The molecule has 1 aromatic carbocycles. The van der Waals surface area contributed by atoms with Gasteiger partial charge in [-0.15, -0.1) is 0 Å². The highest BCUT2D eigenvalue weighted by molar-refractivity contribution is 6.30. The van der Waals surface area contributed by atoms with Gasteiger partial charge in [-0.1, -0.05) is 50.6 Å². The smallest absolute Gasteiger partial charge is 0.305 e. The van der Waals surface area contributed by atoms with Gasteiger partial charge in [0.25, 0.3) is 0 Å². The average Bonchev–Trinajstić information content (AvgIpc) is 1.56. The largest absolute Gasteiger partial charge is 0.481 e. The molecule has 0 saturated carbocycles. The standard InChI is InChI=1S/C60H86ClN17O16/c1-6-37(69-33(5)79)51(86)74-42(27-34-13-15-36(61)16-14-34)55(90)75-43(28-35-10-7-22-65-30-35)56(91)76-44(29-49(83)84)57(92)71-39-17-19-46(80)66-24-21-48(82)77-47(81)20-18-40(59(94)78-25-9-12-45(78)58(93)68-32(4)50(62)85)72-54(89)41(26-31(2)3)73-52(87)38(70-53(39)88)11-8-23-67-60(63)64/h7,10,13-16,22,30-32,37-45H,6,8-9,11-12,17-21,23-29H2,1-5H3,(H2,62,85)(H,66,80)(H,68,93)(H,69,79)(H,70,88)(H,71,92)(H,72,89)(H,73,87)(H,74,86)(H,75,90)(H,76,91)(H,83,84)(H4,63,64,67)(H,77,81,82)/t32-,37-,38+,39+,40-,41-,42-,43-,44-,45+/m0/s1. The molecule has 2 aliphatic rings. The average molecular weight is 1340 g/mol. The third-order valence-electron chi connectivity index (χ3n) is 15.0. The van der Waals surface area contributed by atoms with Crippen LogP contribution in [0.5, 0.6) is 0 Å². The summed E-state index contributed by atoms with van der Waals surface area (Å²) in [5.41, 5.74) is 17.3. The summed E-state index contributed by atoms with van der Waals surface area (Å²) in [6.45, 7) is 7.13. The molecule has 94 heavy (non-hydrogen) atoms. The number of imide groups is 1. The molecule has 2 saturated heterocycles. The Labute approximate surface area is 547 Å². The number of carbonyl (C=O) groups excluding carboxylic acids is 14. The Balaban J connectivity index is 1.73. The zero-order chi connectivity index (χ0) is 69.8. The van der Waals surface area contributed by atoms with Crippen molar-refractivity contribution in [3.8, 4) is 0 Å². The minimum atomic E-state index is -2.05. The van der Waals surface area contributed by atoms with E-state index in [1.54, 1.807) is 51.1 Å². The van der Waals surface area contributed by atoms with Crippen LogP contribution in [0.25, 0.3) is 0 Å². The van der Waals surface area contributed by atoms with Crippen molar-refractivity contribution in [2.75, 3.05) is 19.6 Å². The summed E-state index contributed by atoms with van der Waals surface area (Å²) < 4.78 is 0. The molecule has 1 aromatic heterocycles. The van der Waals surface area contributed by atoms with E-state index in [0.717, 1.165) is 0 Å². The predicted molar refractivity (Wildman–Crippen MR) is 337 cm³/mol. The van der Waals surface area contributed by atoms with Gasteiger partial charge in [-0.05, 0) is 93.5 Å². The second-order valence-corrected chi connectivity index (χ2v) is 23.6. The van der Waals surface area contributed by atoms with E-state index in [1.165, 1.54) is 37.2 Å². The number of primary amides is 1. The van der Waals surface area contributed by atoms with Crippen molar-refractivity contribution < 1.29 is 77.0 Å². The summed E-state index contributed by atoms with van der Waals surface area (Å²) in [5.74, 6) is -15.1. The maximum absolute atomic E-state index is 14.7. The van der Waals surface area contributed by atoms with Crippen LogP contribution in [0, 0.1) is 5.92 Å². The molecular weight excluding hydrogens is 1250 g/mol. The number of likely N-dealkylation sites (tertiary alicyclic amines) is 1. The summed E-state index contributed by atoms with van der Waals surface area (Å²) in [7, 11) is 0. The van der Waals surface area contributed by atoms with Crippen LogP contribution in [0.3, 0.4) is 0 Å². The monoisotopic (exact) mass is 1340 g/mol. The molecule has 514 valence electrons. The number of aliphatic carboxylic acids is 1. The first-order valence-corrected chi connectivity index (χ1v) is 31.1. The fourth-order valence-electron chi connectivity index (χ4n) is 10.0. The first-order chi connectivity index (χ1) is 44.4. The van der Waals surface area contributed by atoms with E-state index < -0.39 is 188 Å². The molecule has 2 aliphatic heterocycles. The molecule has 2 aromatic rings. The number of rotatable bonds is 26. The van der Waals surface area contributed by atoms with Crippen LogP contribution in [0.2, 0.25) is 5.02 Å². The first kappa shape index (κ1) is 76.6. The fraction of sp³-hybridized carbons (Fsp3) is 0.550. The predicted octanol–water partition coefficient (Wildman–Crippen LogP) is -3.89. The van der Waals surface area contributed by atoms with Crippen LogP contribution in [-0.4, -0.2) is 190 Å². The second-order valence-electron chi connectivity index (χ2n) is 23.1. The third kappa shape index (κ3) is 26.4. The molecule has 0 aliphatic carbocycles. The highest BCUT2D eigenvalue weighted by Crippen LogP contribution is 2.21. The number of carboxylic acids is 1. The molecule has 34 heteroatoms. The number of pyridine rings is 1. The van der Waals surface area contributed by atoms with E-state index in [-0.39, 0.29) is 76.5 Å². The molecule has 18 N–H and O–H groups in total. The number of hydrogen-bond acceptors (Lipinski definition) is 17. The van der Waals surface area contributed by atoms with Crippen molar-refractivity contribution in [1.29, 1.82) is 0 Å². The highest BCUT2D eigenvalue weighted by Gasteiger charge is 2.41. The van der Waals surface area contributed by atoms with Gasteiger partial charge < -0.3 is 80.4 Å². The minimum absolute atomic E-state index is 0.00899. The Bertz CT molecular complexity index is 3100. The Morgan fingerprint density at radius 2 is 1.32 bits per heavy atom. The summed E-state index contributed by atoms with van der Waals surface area (Å²) in [4.78, 5) is 214. The van der Waals surface area contributed by atoms with E-state index in [9.17, 15) is 77.0 Å². The van der Waals surface area contributed by atoms with Gasteiger partial charge in [-0.3, -0.25) is 87.2 Å². The van der Waals surface area contributed by atoms with Crippen LogP contribution in [-0.2, 0) is 84.8 Å². The van der Waals surface area contributed by atoms with Crippen LogP contribution < -0.4 is 75.7 Å². The van der Waals surface area contributed by atoms with Gasteiger partial charge in [0.2, 0.25) is 82.7 Å². The van der Waals surface area contributed by atoms with Crippen molar-refractivity contribution in [3.63, 3.8) is 0 Å². The second kappa shape index (κ2) is 38.3. The number of aromatic nitrogens is 1. The number of hydrogen-bond donors (Lipinski definition) is 15. The van der Waals surface area contributed by atoms with Crippen LogP contribution in [0.4, 0.5) is 0 Å². The quantitative estimate of drug-likeness (QED) is 0.0185. The van der Waals surface area contributed by atoms with Gasteiger partial charge in [-0.2, -0.15) is 0 Å². The van der Waals surface area contributed by atoms with Crippen LogP contribution in [0.15, 0.2) is 53.8 Å². The highest BCUT2D eigenvalue weighted by atomic mass is 35.5. The number of aliphatic imine (C=N–C) groups is 1. The Morgan fingerprint density at radius 3 is 1.91 bits per heavy atom. The topological polar surface area (TPSA) is 515 Å². The minimum Gasteiger partial charge on any atom is -0.481 e. The number of guanidine groups is 1. The normalized spacial score (nSPS) is 20.2. The van der Waals surface area contributed by atoms with Crippen LogP contribution >= 0.6 is 11.6 Å². The van der Waals surface area contributed by atoms with Crippen LogP contribution in [0.1, 0.15) is 123 Å². The Kier molecular flexibility index (Phi) is 31.2. The molecule has 0 spiro atoms. The molecule has 0 unspecified atom stereocenters.